The lowest BCUT2D eigenvalue weighted by atomic mass is 9.96. The van der Waals surface area contributed by atoms with Crippen molar-refractivity contribution >= 4 is 10.2 Å². The van der Waals surface area contributed by atoms with E-state index in [1.807, 2.05) is 0 Å². The molecule has 1 saturated carbocycles. The summed E-state index contributed by atoms with van der Waals surface area (Å²) < 4.78 is 34.8. The van der Waals surface area contributed by atoms with Crippen LogP contribution in [0.3, 0.4) is 0 Å². The lowest BCUT2D eigenvalue weighted by Crippen LogP contribution is -2.53. The minimum Gasteiger partial charge on any atom is -0.383 e. The fourth-order valence-electron chi connectivity index (χ4n) is 3.51. The molecule has 2 aliphatic rings. The Bertz CT molecular complexity index is 424. The molecule has 1 unspecified atom stereocenters. The first-order chi connectivity index (χ1) is 10.5. The van der Waals surface area contributed by atoms with Gasteiger partial charge in [0.05, 0.1) is 6.61 Å². The number of likely N-dealkylation sites (tertiary alicyclic amines) is 1. The normalized spacial score (nSPS) is 25.7. The van der Waals surface area contributed by atoms with Crippen LogP contribution in [0.4, 0.5) is 0 Å². The van der Waals surface area contributed by atoms with Crippen LogP contribution >= 0.6 is 0 Å². The number of methoxy groups -OCH3 is 1. The van der Waals surface area contributed by atoms with Gasteiger partial charge >= 0.3 is 0 Å². The predicted molar refractivity (Wildman–Crippen MR) is 88.0 cm³/mol. The molecule has 1 N–H and O–H groups in total. The van der Waals surface area contributed by atoms with E-state index in [0.717, 1.165) is 58.2 Å². The van der Waals surface area contributed by atoms with Crippen molar-refractivity contribution in [2.24, 2.45) is 0 Å². The third kappa shape index (κ3) is 5.16. The molecular formula is C15H31N3O3S. The second-order valence-electron chi connectivity index (χ2n) is 6.56. The highest BCUT2D eigenvalue weighted by atomic mass is 32.2. The van der Waals surface area contributed by atoms with Crippen LogP contribution < -0.4 is 4.72 Å². The number of hydrogen-bond acceptors (Lipinski definition) is 4. The maximum absolute atomic E-state index is 12.6. The van der Waals surface area contributed by atoms with Crippen LogP contribution in [0.15, 0.2) is 0 Å². The zero-order valence-electron chi connectivity index (χ0n) is 14.0. The van der Waals surface area contributed by atoms with E-state index >= 15 is 0 Å². The fraction of sp³-hybridized carbons (Fsp3) is 1.00. The quantitative estimate of drug-likeness (QED) is 0.760. The minimum absolute atomic E-state index is 0.0154. The average molecular weight is 333 g/mol. The SMILES string of the molecule is COCCN1CCCC(NS(=O)(=O)N(C)C2CCCCC2)C1. The molecule has 0 amide bonds. The highest BCUT2D eigenvalue weighted by Gasteiger charge is 2.31. The molecule has 0 aromatic heterocycles. The van der Waals surface area contributed by atoms with Gasteiger partial charge in [0.1, 0.15) is 0 Å². The largest absolute Gasteiger partial charge is 0.383 e. The van der Waals surface area contributed by atoms with E-state index < -0.39 is 10.2 Å². The van der Waals surface area contributed by atoms with Gasteiger partial charge in [-0.15, -0.1) is 0 Å². The molecule has 1 aliphatic carbocycles. The van der Waals surface area contributed by atoms with Crippen LogP contribution in [-0.2, 0) is 14.9 Å². The summed E-state index contributed by atoms with van der Waals surface area (Å²) in [5, 5.41) is 0. The Labute approximate surface area is 135 Å². The van der Waals surface area contributed by atoms with Crippen molar-refractivity contribution in [2.75, 3.05) is 40.4 Å². The maximum atomic E-state index is 12.6. The highest BCUT2D eigenvalue weighted by Crippen LogP contribution is 2.23. The number of nitrogens with zero attached hydrogens (tertiary/aromatic N) is 2. The van der Waals surface area contributed by atoms with E-state index in [1.165, 1.54) is 6.42 Å². The molecular weight excluding hydrogens is 302 g/mol. The van der Waals surface area contributed by atoms with Crippen LogP contribution in [0, 0.1) is 0 Å². The summed E-state index contributed by atoms with van der Waals surface area (Å²) in [6.07, 6.45) is 7.43. The van der Waals surface area contributed by atoms with Gasteiger partial charge < -0.3 is 4.74 Å². The summed E-state index contributed by atoms with van der Waals surface area (Å²) >= 11 is 0. The zero-order valence-corrected chi connectivity index (χ0v) is 14.8. The Morgan fingerprint density at radius 2 is 1.91 bits per heavy atom. The molecule has 2 fully saturated rings. The fourth-order valence-corrected chi connectivity index (χ4v) is 4.89. The Morgan fingerprint density at radius 1 is 1.18 bits per heavy atom. The van der Waals surface area contributed by atoms with Crippen LogP contribution in [0.5, 0.6) is 0 Å². The second-order valence-corrected chi connectivity index (χ2v) is 8.33. The summed E-state index contributed by atoms with van der Waals surface area (Å²) in [4.78, 5) is 2.28. The topological polar surface area (TPSA) is 61.9 Å². The van der Waals surface area contributed by atoms with Gasteiger partial charge in [-0.25, -0.2) is 0 Å². The van der Waals surface area contributed by atoms with Crippen LogP contribution in [-0.4, -0.2) is 70.1 Å². The van der Waals surface area contributed by atoms with Crippen LogP contribution in [0.25, 0.3) is 0 Å². The third-order valence-electron chi connectivity index (χ3n) is 4.90. The molecule has 0 bridgehead atoms. The van der Waals surface area contributed by atoms with Gasteiger partial charge in [-0.2, -0.15) is 17.4 Å². The molecule has 1 atom stereocenters. The van der Waals surface area contributed by atoms with Crippen molar-refractivity contribution in [3.8, 4) is 0 Å². The lowest BCUT2D eigenvalue weighted by Gasteiger charge is -2.35. The lowest BCUT2D eigenvalue weighted by molar-refractivity contribution is 0.126. The Kier molecular flexibility index (Phi) is 7.08. The summed E-state index contributed by atoms with van der Waals surface area (Å²) in [6.45, 7) is 3.37. The number of ether oxygens (including phenoxy) is 1. The van der Waals surface area contributed by atoms with Gasteiger partial charge in [-0.1, -0.05) is 19.3 Å². The van der Waals surface area contributed by atoms with E-state index in [2.05, 4.69) is 9.62 Å². The van der Waals surface area contributed by atoms with Crippen LogP contribution in [0.2, 0.25) is 0 Å². The van der Waals surface area contributed by atoms with Gasteiger partial charge in [-0.3, -0.25) is 4.90 Å². The minimum atomic E-state index is -3.38. The van der Waals surface area contributed by atoms with Gasteiger partial charge in [-0.05, 0) is 32.2 Å². The summed E-state index contributed by atoms with van der Waals surface area (Å²) in [7, 11) is 0.0457. The number of piperidine rings is 1. The van der Waals surface area contributed by atoms with E-state index in [9.17, 15) is 8.42 Å². The summed E-state index contributed by atoms with van der Waals surface area (Å²) in [5.74, 6) is 0. The maximum Gasteiger partial charge on any atom is 0.279 e. The molecule has 7 heteroatoms. The van der Waals surface area contributed by atoms with Gasteiger partial charge in [0, 0.05) is 39.3 Å². The summed E-state index contributed by atoms with van der Waals surface area (Å²) in [5.41, 5.74) is 0. The molecule has 1 saturated heterocycles. The van der Waals surface area contributed by atoms with Gasteiger partial charge in [0.2, 0.25) is 0 Å². The third-order valence-corrected chi connectivity index (χ3v) is 6.59. The van der Waals surface area contributed by atoms with E-state index in [-0.39, 0.29) is 12.1 Å². The molecule has 1 heterocycles. The van der Waals surface area contributed by atoms with Crippen molar-refractivity contribution in [3.63, 3.8) is 0 Å². The standard InChI is InChI=1S/C15H31N3O3S/c1-17(15-8-4-3-5-9-15)22(19,20)16-14-7-6-10-18(13-14)11-12-21-2/h14-16H,3-13H2,1-2H3. The highest BCUT2D eigenvalue weighted by molar-refractivity contribution is 7.87. The molecule has 6 nitrogen and oxygen atoms in total. The Morgan fingerprint density at radius 3 is 2.59 bits per heavy atom. The zero-order chi connectivity index (χ0) is 16.0. The smallest absolute Gasteiger partial charge is 0.279 e. The molecule has 22 heavy (non-hydrogen) atoms. The monoisotopic (exact) mass is 333 g/mol. The van der Waals surface area contributed by atoms with Crippen LogP contribution in [0.1, 0.15) is 44.9 Å². The molecule has 2 rings (SSSR count). The van der Waals surface area contributed by atoms with Crippen molar-refractivity contribution in [2.45, 2.75) is 57.0 Å². The first-order valence-corrected chi connectivity index (χ1v) is 9.93. The van der Waals surface area contributed by atoms with E-state index in [0.29, 0.717) is 6.61 Å². The van der Waals surface area contributed by atoms with E-state index in [1.54, 1.807) is 18.5 Å². The molecule has 0 radical (unpaired) electrons. The Hall–Kier alpha value is -0.210. The first kappa shape index (κ1) is 18.1. The number of nitrogens with one attached hydrogen (secondary N) is 1. The van der Waals surface area contributed by atoms with Gasteiger partial charge in [0.15, 0.2) is 0 Å². The summed E-state index contributed by atoms with van der Waals surface area (Å²) in [6, 6.07) is 0.182. The van der Waals surface area contributed by atoms with E-state index in [4.69, 9.17) is 4.74 Å². The predicted octanol–water partition coefficient (Wildman–Crippen LogP) is 1.20. The first-order valence-electron chi connectivity index (χ1n) is 8.49. The van der Waals surface area contributed by atoms with Crippen molar-refractivity contribution in [1.82, 2.24) is 13.9 Å². The number of rotatable bonds is 7. The molecule has 0 aromatic rings. The van der Waals surface area contributed by atoms with Crippen molar-refractivity contribution < 1.29 is 13.2 Å². The average Bonchev–Trinajstić information content (AvgIpc) is 2.53. The molecule has 130 valence electrons. The van der Waals surface area contributed by atoms with Gasteiger partial charge in [0.25, 0.3) is 10.2 Å². The molecule has 0 aromatic carbocycles. The van der Waals surface area contributed by atoms with Crippen molar-refractivity contribution in [1.29, 1.82) is 0 Å². The second kappa shape index (κ2) is 8.59. The number of hydrogen-bond donors (Lipinski definition) is 1. The molecule has 1 aliphatic heterocycles. The Balaban J connectivity index is 1.87. The van der Waals surface area contributed by atoms with Crippen molar-refractivity contribution in [3.05, 3.63) is 0 Å². The molecule has 0 spiro atoms.